The van der Waals surface area contributed by atoms with E-state index < -0.39 is 0 Å². The average Bonchev–Trinajstić information content (AvgIpc) is 3.03. The standard InChI is InChI=1S/C16H12ClN3O2S/c1-10(21)12-4-7-14(18-8-12)9-23-16-20-19-15(22-16)11-2-5-13(17)6-3-11/h2-8H,9H2,1H3. The highest BCUT2D eigenvalue weighted by Gasteiger charge is 2.10. The second-order valence-corrected chi connectivity index (χ2v) is 6.13. The number of hydrogen-bond acceptors (Lipinski definition) is 6. The molecule has 0 atom stereocenters. The Morgan fingerprint density at radius 2 is 1.96 bits per heavy atom. The summed E-state index contributed by atoms with van der Waals surface area (Å²) >= 11 is 7.25. The second-order valence-electron chi connectivity index (χ2n) is 4.76. The van der Waals surface area contributed by atoms with E-state index in [9.17, 15) is 4.79 Å². The highest BCUT2D eigenvalue weighted by Crippen LogP contribution is 2.26. The summed E-state index contributed by atoms with van der Waals surface area (Å²) in [6.45, 7) is 1.52. The van der Waals surface area contributed by atoms with E-state index in [1.165, 1.54) is 18.7 Å². The van der Waals surface area contributed by atoms with E-state index in [2.05, 4.69) is 15.2 Å². The van der Waals surface area contributed by atoms with E-state index >= 15 is 0 Å². The maximum atomic E-state index is 11.2. The van der Waals surface area contributed by atoms with Crippen LogP contribution in [0.15, 0.2) is 52.2 Å². The van der Waals surface area contributed by atoms with Gasteiger partial charge >= 0.3 is 0 Å². The maximum Gasteiger partial charge on any atom is 0.277 e. The first-order chi connectivity index (χ1) is 11.1. The molecule has 0 unspecified atom stereocenters. The highest BCUT2D eigenvalue weighted by molar-refractivity contribution is 7.98. The van der Waals surface area contributed by atoms with E-state index in [1.54, 1.807) is 24.4 Å². The predicted molar refractivity (Wildman–Crippen MR) is 88.5 cm³/mol. The molecule has 5 nitrogen and oxygen atoms in total. The molecule has 0 spiro atoms. The molecule has 3 aromatic rings. The van der Waals surface area contributed by atoms with Crippen LogP contribution in [0.5, 0.6) is 0 Å². The van der Waals surface area contributed by atoms with Crippen molar-refractivity contribution in [3.63, 3.8) is 0 Å². The number of Topliss-reactive ketones (excluding diaryl/α,β-unsaturated/α-hetero) is 1. The number of halogens is 1. The van der Waals surface area contributed by atoms with Crippen molar-refractivity contribution < 1.29 is 9.21 Å². The van der Waals surface area contributed by atoms with E-state index in [1.807, 2.05) is 18.2 Å². The fourth-order valence-electron chi connectivity index (χ4n) is 1.83. The molecular formula is C16H12ClN3O2S. The number of carbonyl (C=O) groups is 1. The van der Waals surface area contributed by atoms with Crippen molar-refractivity contribution in [1.82, 2.24) is 15.2 Å². The summed E-state index contributed by atoms with van der Waals surface area (Å²) < 4.78 is 5.61. The van der Waals surface area contributed by atoms with Gasteiger partial charge in [-0.3, -0.25) is 9.78 Å². The molecule has 2 aromatic heterocycles. The monoisotopic (exact) mass is 345 g/mol. The molecule has 0 radical (unpaired) electrons. The average molecular weight is 346 g/mol. The molecule has 0 aliphatic rings. The van der Waals surface area contributed by atoms with Crippen LogP contribution in [0, 0.1) is 0 Å². The van der Waals surface area contributed by atoms with Crippen LogP contribution in [0.25, 0.3) is 11.5 Å². The minimum Gasteiger partial charge on any atom is -0.411 e. The lowest BCUT2D eigenvalue weighted by Gasteiger charge is -1.99. The van der Waals surface area contributed by atoms with Crippen LogP contribution in [-0.4, -0.2) is 21.0 Å². The molecule has 2 heterocycles. The third-order valence-corrected chi connectivity index (χ3v) is 4.18. The minimum absolute atomic E-state index is 0.00112. The van der Waals surface area contributed by atoms with Gasteiger partial charge in [-0.15, -0.1) is 10.2 Å². The summed E-state index contributed by atoms with van der Waals surface area (Å²) in [4.78, 5) is 15.5. The van der Waals surface area contributed by atoms with Gasteiger partial charge < -0.3 is 4.42 Å². The molecule has 116 valence electrons. The van der Waals surface area contributed by atoms with Crippen molar-refractivity contribution in [2.75, 3.05) is 0 Å². The van der Waals surface area contributed by atoms with Gasteiger partial charge in [0.15, 0.2) is 5.78 Å². The number of rotatable bonds is 5. The highest BCUT2D eigenvalue weighted by atomic mass is 35.5. The summed E-state index contributed by atoms with van der Waals surface area (Å²) in [6.07, 6.45) is 1.57. The summed E-state index contributed by atoms with van der Waals surface area (Å²) in [5.74, 6) is 1.03. The van der Waals surface area contributed by atoms with Gasteiger partial charge in [0.2, 0.25) is 5.89 Å². The van der Waals surface area contributed by atoms with E-state index in [0.717, 1.165) is 11.3 Å². The number of hydrogen-bond donors (Lipinski definition) is 0. The lowest BCUT2D eigenvalue weighted by atomic mass is 10.2. The Morgan fingerprint density at radius 1 is 1.17 bits per heavy atom. The van der Waals surface area contributed by atoms with Crippen molar-refractivity contribution in [3.05, 3.63) is 58.9 Å². The first-order valence-electron chi connectivity index (χ1n) is 6.80. The summed E-state index contributed by atoms with van der Waals surface area (Å²) in [5, 5.41) is 9.15. The number of nitrogens with zero attached hydrogens (tertiary/aromatic N) is 3. The Kier molecular flexibility index (Phi) is 4.73. The number of carbonyl (C=O) groups excluding carboxylic acids is 1. The van der Waals surface area contributed by atoms with Gasteiger partial charge in [-0.1, -0.05) is 23.4 Å². The van der Waals surface area contributed by atoms with Gasteiger partial charge in [0.25, 0.3) is 5.22 Å². The summed E-state index contributed by atoms with van der Waals surface area (Å²) in [5.41, 5.74) is 2.26. The third-order valence-electron chi connectivity index (χ3n) is 3.07. The van der Waals surface area contributed by atoms with Crippen LogP contribution in [0.1, 0.15) is 23.0 Å². The van der Waals surface area contributed by atoms with Crippen molar-refractivity contribution in [3.8, 4) is 11.5 Å². The lowest BCUT2D eigenvalue weighted by molar-refractivity contribution is 0.101. The van der Waals surface area contributed by atoms with Gasteiger partial charge in [0.1, 0.15) is 0 Å². The van der Waals surface area contributed by atoms with Crippen LogP contribution >= 0.6 is 23.4 Å². The number of aromatic nitrogens is 3. The molecule has 0 N–H and O–H groups in total. The third kappa shape index (κ3) is 3.97. The van der Waals surface area contributed by atoms with Crippen molar-refractivity contribution in [2.24, 2.45) is 0 Å². The molecule has 0 amide bonds. The Labute approximate surface area is 142 Å². The summed E-state index contributed by atoms with van der Waals surface area (Å²) in [7, 11) is 0. The molecule has 7 heteroatoms. The molecule has 0 bridgehead atoms. The quantitative estimate of drug-likeness (QED) is 0.508. The molecule has 0 fully saturated rings. The second kappa shape index (κ2) is 6.93. The topological polar surface area (TPSA) is 68.9 Å². The zero-order chi connectivity index (χ0) is 16.2. The fourth-order valence-corrected chi connectivity index (χ4v) is 2.64. The molecule has 0 aliphatic carbocycles. The van der Waals surface area contributed by atoms with Crippen LogP contribution in [-0.2, 0) is 5.75 Å². The van der Waals surface area contributed by atoms with Crippen LogP contribution in [0.4, 0.5) is 0 Å². The number of pyridine rings is 1. The number of thioether (sulfide) groups is 1. The molecular weight excluding hydrogens is 334 g/mol. The van der Waals surface area contributed by atoms with Crippen molar-refractivity contribution >= 4 is 29.1 Å². The first-order valence-corrected chi connectivity index (χ1v) is 8.16. The molecule has 0 saturated carbocycles. The number of ketones is 1. The zero-order valence-corrected chi connectivity index (χ0v) is 13.8. The van der Waals surface area contributed by atoms with Gasteiger partial charge in [0, 0.05) is 28.1 Å². The maximum absolute atomic E-state index is 11.2. The Balaban J connectivity index is 1.65. The smallest absolute Gasteiger partial charge is 0.277 e. The van der Waals surface area contributed by atoms with Crippen LogP contribution < -0.4 is 0 Å². The van der Waals surface area contributed by atoms with E-state index in [4.69, 9.17) is 16.0 Å². The van der Waals surface area contributed by atoms with Gasteiger partial charge in [-0.25, -0.2) is 0 Å². The fraction of sp³-hybridized carbons (Fsp3) is 0.125. The zero-order valence-electron chi connectivity index (χ0n) is 12.2. The van der Waals surface area contributed by atoms with Crippen molar-refractivity contribution in [1.29, 1.82) is 0 Å². The lowest BCUT2D eigenvalue weighted by Crippen LogP contribution is -1.95. The van der Waals surface area contributed by atoms with E-state index in [0.29, 0.717) is 27.5 Å². The summed E-state index contributed by atoms with van der Waals surface area (Å²) in [6, 6.07) is 10.8. The number of benzene rings is 1. The predicted octanol–water partition coefficient (Wildman–Crippen LogP) is 4.28. The first kappa shape index (κ1) is 15.7. The normalized spacial score (nSPS) is 10.7. The Morgan fingerprint density at radius 3 is 2.61 bits per heavy atom. The van der Waals surface area contributed by atoms with Crippen LogP contribution in [0.2, 0.25) is 5.02 Å². The minimum atomic E-state index is 0.00112. The molecule has 0 saturated heterocycles. The molecule has 1 aromatic carbocycles. The van der Waals surface area contributed by atoms with Gasteiger partial charge in [-0.2, -0.15) is 0 Å². The Bertz CT molecular complexity index is 816. The van der Waals surface area contributed by atoms with Crippen molar-refractivity contribution in [2.45, 2.75) is 17.9 Å². The van der Waals surface area contributed by atoms with E-state index in [-0.39, 0.29) is 5.78 Å². The van der Waals surface area contributed by atoms with Gasteiger partial charge in [-0.05, 0) is 43.3 Å². The van der Waals surface area contributed by atoms with Crippen LogP contribution in [0.3, 0.4) is 0 Å². The largest absolute Gasteiger partial charge is 0.411 e. The molecule has 23 heavy (non-hydrogen) atoms. The van der Waals surface area contributed by atoms with Gasteiger partial charge in [0.05, 0.1) is 5.69 Å². The Hall–Kier alpha value is -2.18. The SMILES string of the molecule is CC(=O)c1ccc(CSc2nnc(-c3ccc(Cl)cc3)o2)nc1. The molecule has 3 rings (SSSR count). The molecule has 0 aliphatic heterocycles.